The van der Waals surface area contributed by atoms with Crippen molar-refractivity contribution in [1.82, 2.24) is 10.2 Å². The second-order valence-corrected chi connectivity index (χ2v) is 4.70. The number of nitrogens with zero attached hydrogens (tertiary/aromatic N) is 2. The third kappa shape index (κ3) is 2.48. The predicted molar refractivity (Wildman–Crippen MR) is 76.1 cm³/mol. The van der Waals surface area contributed by atoms with Crippen LogP contribution in [-0.2, 0) is 0 Å². The van der Waals surface area contributed by atoms with Crippen molar-refractivity contribution in [3.05, 3.63) is 58.7 Å². The highest BCUT2D eigenvalue weighted by Crippen LogP contribution is 2.30. The molecule has 0 amide bonds. The van der Waals surface area contributed by atoms with Gasteiger partial charge in [0, 0.05) is 15.8 Å². The van der Waals surface area contributed by atoms with Crippen molar-refractivity contribution in [2.45, 2.75) is 0 Å². The molecule has 0 aliphatic heterocycles. The molecule has 94 valence electrons. The topological polar surface area (TPSA) is 35.0 Å². The van der Waals surface area contributed by atoms with Gasteiger partial charge in [0.25, 0.3) is 0 Å². The van der Waals surface area contributed by atoms with E-state index in [1.807, 2.05) is 30.3 Å². The standard InChI is InChI=1S/C14H8Cl2N2O/c15-9-4-3-5-10(8-9)19-14-12-7-2-1-6-11(12)13(16)17-18-14/h1-8H. The maximum absolute atomic E-state index is 6.01. The maximum atomic E-state index is 6.01. The van der Waals surface area contributed by atoms with Crippen molar-refractivity contribution >= 4 is 34.0 Å². The van der Waals surface area contributed by atoms with Crippen LogP contribution in [-0.4, -0.2) is 10.2 Å². The van der Waals surface area contributed by atoms with Gasteiger partial charge in [-0.2, -0.15) is 0 Å². The number of hydrogen-bond acceptors (Lipinski definition) is 3. The van der Waals surface area contributed by atoms with Crippen molar-refractivity contribution in [1.29, 1.82) is 0 Å². The number of rotatable bonds is 2. The minimum absolute atomic E-state index is 0.356. The van der Waals surface area contributed by atoms with Gasteiger partial charge >= 0.3 is 0 Å². The molecule has 1 heterocycles. The molecule has 1 aromatic heterocycles. The first-order chi connectivity index (χ1) is 9.24. The van der Waals surface area contributed by atoms with Gasteiger partial charge in [-0.3, -0.25) is 0 Å². The normalized spacial score (nSPS) is 10.6. The molecule has 3 nitrogen and oxygen atoms in total. The Morgan fingerprint density at radius 3 is 2.42 bits per heavy atom. The summed E-state index contributed by atoms with van der Waals surface area (Å²) in [5, 5.41) is 10.4. The first kappa shape index (κ1) is 12.2. The third-order valence-electron chi connectivity index (χ3n) is 2.62. The monoisotopic (exact) mass is 290 g/mol. The molecule has 5 heteroatoms. The Bertz CT molecular complexity index is 746. The van der Waals surface area contributed by atoms with Crippen molar-refractivity contribution in [3.63, 3.8) is 0 Å². The lowest BCUT2D eigenvalue weighted by molar-refractivity contribution is 0.462. The third-order valence-corrected chi connectivity index (χ3v) is 3.13. The van der Waals surface area contributed by atoms with Crippen LogP contribution in [0.3, 0.4) is 0 Å². The SMILES string of the molecule is Clc1cccc(Oc2nnc(Cl)c3ccccc23)c1. The molecule has 0 spiro atoms. The van der Waals surface area contributed by atoms with Gasteiger partial charge in [-0.15, -0.1) is 10.2 Å². The quantitative estimate of drug-likeness (QED) is 0.684. The lowest BCUT2D eigenvalue weighted by atomic mass is 10.2. The summed E-state index contributed by atoms with van der Waals surface area (Å²) in [6, 6.07) is 14.6. The van der Waals surface area contributed by atoms with Gasteiger partial charge in [0.2, 0.25) is 5.88 Å². The number of ether oxygens (including phenoxy) is 1. The summed E-state index contributed by atoms with van der Waals surface area (Å²) in [4.78, 5) is 0. The molecule has 19 heavy (non-hydrogen) atoms. The number of benzene rings is 2. The zero-order valence-electron chi connectivity index (χ0n) is 9.68. The first-order valence-electron chi connectivity index (χ1n) is 5.58. The van der Waals surface area contributed by atoms with E-state index in [2.05, 4.69) is 10.2 Å². The van der Waals surface area contributed by atoms with Gasteiger partial charge in [-0.1, -0.05) is 47.5 Å². The zero-order chi connectivity index (χ0) is 13.2. The molecule has 3 rings (SSSR count). The summed E-state index contributed by atoms with van der Waals surface area (Å²) in [6.45, 7) is 0. The molecule has 0 saturated carbocycles. The van der Waals surface area contributed by atoms with E-state index in [0.29, 0.717) is 21.8 Å². The predicted octanol–water partition coefficient (Wildman–Crippen LogP) is 4.73. The Kier molecular flexibility index (Phi) is 3.23. The summed E-state index contributed by atoms with van der Waals surface area (Å²) in [6.07, 6.45) is 0. The molecule has 0 aliphatic rings. The molecular formula is C14H8Cl2N2O. The lowest BCUT2D eigenvalue weighted by Gasteiger charge is -2.07. The Morgan fingerprint density at radius 2 is 1.63 bits per heavy atom. The van der Waals surface area contributed by atoms with Crippen LogP contribution in [0.4, 0.5) is 0 Å². The van der Waals surface area contributed by atoms with E-state index in [4.69, 9.17) is 27.9 Å². The number of halogens is 2. The number of fused-ring (bicyclic) bond motifs is 1. The smallest absolute Gasteiger partial charge is 0.246 e. The van der Waals surface area contributed by atoms with Crippen LogP contribution < -0.4 is 4.74 Å². The molecule has 0 fully saturated rings. The molecule has 2 aromatic carbocycles. The van der Waals surface area contributed by atoms with E-state index in [1.165, 1.54) is 0 Å². The minimum Gasteiger partial charge on any atom is -0.437 e. The second-order valence-electron chi connectivity index (χ2n) is 3.90. The minimum atomic E-state index is 0.356. The van der Waals surface area contributed by atoms with Gasteiger partial charge < -0.3 is 4.74 Å². The Morgan fingerprint density at radius 1 is 0.842 bits per heavy atom. The average molecular weight is 291 g/mol. The first-order valence-corrected chi connectivity index (χ1v) is 6.34. The van der Waals surface area contributed by atoms with Crippen LogP contribution >= 0.6 is 23.2 Å². The number of aromatic nitrogens is 2. The van der Waals surface area contributed by atoms with E-state index >= 15 is 0 Å². The van der Waals surface area contributed by atoms with E-state index in [1.54, 1.807) is 18.2 Å². The Hall–Kier alpha value is -1.84. The highest BCUT2D eigenvalue weighted by atomic mass is 35.5. The van der Waals surface area contributed by atoms with Crippen molar-refractivity contribution < 1.29 is 4.74 Å². The van der Waals surface area contributed by atoms with Crippen LogP contribution in [0.5, 0.6) is 11.6 Å². The summed E-state index contributed by atoms with van der Waals surface area (Å²) in [5.74, 6) is 1.01. The molecule has 0 aliphatic carbocycles. The van der Waals surface area contributed by atoms with Crippen LogP contribution in [0.2, 0.25) is 10.2 Å². The molecule has 0 bridgehead atoms. The molecule has 0 radical (unpaired) electrons. The van der Waals surface area contributed by atoms with Crippen LogP contribution in [0.15, 0.2) is 48.5 Å². The average Bonchev–Trinajstić information content (AvgIpc) is 2.42. The zero-order valence-corrected chi connectivity index (χ0v) is 11.2. The fraction of sp³-hybridized carbons (Fsp3) is 0. The summed E-state index contributed by atoms with van der Waals surface area (Å²) in [7, 11) is 0. The van der Waals surface area contributed by atoms with Gasteiger partial charge in [0.1, 0.15) is 5.75 Å². The van der Waals surface area contributed by atoms with Crippen molar-refractivity contribution in [2.24, 2.45) is 0 Å². The largest absolute Gasteiger partial charge is 0.437 e. The van der Waals surface area contributed by atoms with Crippen molar-refractivity contribution in [2.75, 3.05) is 0 Å². The summed E-state index contributed by atoms with van der Waals surface area (Å²) < 4.78 is 5.71. The maximum Gasteiger partial charge on any atom is 0.246 e. The van der Waals surface area contributed by atoms with Crippen LogP contribution in [0.25, 0.3) is 10.8 Å². The lowest BCUT2D eigenvalue weighted by Crippen LogP contribution is -1.93. The molecule has 0 saturated heterocycles. The van der Waals surface area contributed by atoms with E-state index in [-0.39, 0.29) is 0 Å². The second kappa shape index (κ2) is 5.03. The van der Waals surface area contributed by atoms with Gasteiger partial charge in [-0.25, -0.2) is 0 Å². The van der Waals surface area contributed by atoms with Gasteiger partial charge in [0.15, 0.2) is 5.15 Å². The Labute approximate surface area is 119 Å². The highest BCUT2D eigenvalue weighted by molar-refractivity contribution is 6.34. The molecule has 3 aromatic rings. The molecule has 0 N–H and O–H groups in total. The summed E-state index contributed by atoms with van der Waals surface area (Å²) >= 11 is 11.9. The molecule has 0 unspecified atom stereocenters. The Balaban J connectivity index is 2.09. The number of hydrogen-bond donors (Lipinski definition) is 0. The van der Waals surface area contributed by atoms with E-state index in [9.17, 15) is 0 Å². The fourth-order valence-corrected chi connectivity index (χ4v) is 2.15. The molecule has 0 atom stereocenters. The molecular weight excluding hydrogens is 283 g/mol. The van der Waals surface area contributed by atoms with Crippen LogP contribution in [0, 0.1) is 0 Å². The van der Waals surface area contributed by atoms with Gasteiger partial charge in [-0.05, 0) is 24.3 Å². The van der Waals surface area contributed by atoms with Crippen LogP contribution in [0.1, 0.15) is 0 Å². The highest BCUT2D eigenvalue weighted by Gasteiger charge is 2.09. The van der Waals surface area contributed by atoms with E-state index in [0.717, 1.165) is 10.8 Å². The van der Waals surface area contributed by atoms with Gasteiger partial charge in [0.05, 0.1) is 0 Å². The fourth-order valence-electron chi connectivity index (χ4n) is 1.76. The summed E-state index contributed by atoms with van der Waals surface area (Å²) in [5.41, 5.74) is 0. The van der Waals surface area contributed by atoms with Crippen molar-refractivity contribution in [3.8, 4) is 11.6 Å². The van der Waals surface area contributed by atoms with E-state index < -0.39 is 0 Å².